The van der Waals surface area contributed by atoms with E-state index in [0.29, 0.717) is 0 Å². The molecule has 0 fully saturated rings. The quantitative estimate of drug-likeness (QED) is 0.871. The molecule has 0 radical (unpaired) electrons. The van der Waals surface area contributed by atoms with E-state index in [1.807, 2.05) is 17.3 Å². The van der Waals surface area contributed by atoms with Gasteiger partial charge < -0.3 is 4.90 Å². The van der Waals surface area contributed by atoms with E-state index in [4.69, 9.17) is 0 Å². The van der Waals surface area contributed by atoms with Crippen molar-refractivity contribution in [3.63, 3.8) is 0 Å². The minimum absolute atomic E-state index is 0.100. The van der Waals surface area contributed by atoms with Crippen molar-refractivity contribution < 1.29 is 4.79 Å². The molecule has 1 aliphatic rings. The summed E-state index contributed by atoms with van der Waals surface area (Å²) in [6.07, 6.45) is 10.5. The lowest BCUT2D eigenvalue weighted by molar-refractivity contribution is 0.0742. The number of carbonyl (C=O) groups excluding carboxylic acids is 1. The van der Waals surface area contributed by atoms with Crippen LogP contribution in [0.3, 0.4) is 0 Å². The van der Waals surface area contributed by atoms with Gasteiger partial charge in [-0.3, -0.25) is 14.8 Å². The van der Waals surface area contributed by atoms with Gasteiger partial charge in [0.2, 0.25) is 0 Å². The Morgan fingerprint density at radius 1 is 1.36 bits per heavy atom. The van der Waals surface area contributed by atoms with Crippen molar-refractivity contribution in [1.29, 1.82) is 0 Å². The topological polar surface area (TPSA) is 46.1 Å². The number of hydrogen-bond acceptors (Lipinski definition) is 4. The molecule has 0 bridgehead atoms. The summed E-state index contributed by atoms with van der Waals surface area (Å²) in [5, 5.41) is 2.05. The SMILES string of the molecule is C[C@H](Cc1cnccn1)N(C)C(=O)c1csc2c1CCCC2. The van der Waals surface area contributed by atoms with Crippen LogP contribution in [0.1, 0.15) is 46.3 Å². The van der Waals surface area contributed by atoms with Crippen LogP contribution in [-0.2, 0) is 19.3 Å². The Hall–Kier alpha value is -1.75. The average molecular weight is 315 g/mol. The van der Waals surface area contributed by atoms with Crippen LogP contribution in [0.25, 0.3) is 0 Å². The smallest absolute Gasteiger partial charge is 0.254 e. The Bertz CT molecular complexity index is 653. The minimum atomic E-state index is 0.100. The molecule has 0 saturated heterocycles. The highest BCUT2D eigenvalue weighted by Gasteiger charge is 2.24. The van der Waals surface area contributed by atoms with Gasteiger partial charge in [-0.1, -0.05) is 0 Å². The van der Waals surface area contributed by atoms with Crippen LogP contribution < -0.4 is 0 Å². The van der Waals surface area contributed by atoms with Gasteiger partial charge in [0, 0.05) is 48.4 Å². The molecule has 0 aromatic carbocycles. The molecule has 4 nitrogen and oxygen atoms in total. The number of carbonyl (C=O) groups is 1. The maximum absolute atomic E-state index is 12.8. The van der Waals surface area contributed by atoms with Gasteiger partial charge in [0.15, 0.2) is 0 Å². The zero-order valence-corrected chi connectivity index (χ0v) is 13.9. The van der Waals surface area contributed by atoms with Gasteiger partial charge >= 0.3 is 0 Å². The van der Waals surface area contributed by atoms with Crippen molar-refractivity contribution >= 4 is 17.2 Å². The number of aromatic nitrogens is 2. The molecule has 22 heavy (non-hydrogen) atoms. The predicted molar refractivity (Wildman–Crippen MR) is 88.3 cm³/mol. The van der Waals surface area contributed by atoms with Crippen molar-refractivity contribution in [3.8, 4) is 0 Å². The first kappa shape index (κ1) is 15.2. The van der Waals surface area contributed by atoms with Crippen molar-refractivity contribution in [2.75, 3.05) is 7.05 Å². The molecule has 1 atom stereocenters. The van der Waals surface area contributed by atoms with Crippen LogP contribution in [0.2, 0.25) is 0 Å². The van der Waals surface area contributed by atoms with Gasteiger partial charge in [0.25, 0.3) is 5.91 Å². The second-order valence-corrected chi connectivity index (χ2v) is 6.89. The number of hydrogen-bond donors (Lipinski definition) is 0. The van der Waals surface area contributed by atoms with Crippen molar-refractivity contribution in [1.82, 2.24) is 14.9 Å². The number of likely N-dealkylation sites (N-methyl/N-ethyl adjacent to an activating group) is 1. The fourth-order valence-electron chi connectivity index (χ4n) is 2.94. The molecule has 0 N–H and O–H groups in total. The highest BCUT2D eigenvalue weighted by molar-refractivity contribution is 7.10. The second-order valence-electron chi connectivity index (χ2n) is 5.92. The normalized spacial score (nSPS) is 15.2. The molecule has 5 heteroatoms. The largest absolute Gasteiger partial charge is 0.339 e. The molecule has 0 unspecified atom stereocenters. The summed E-state index contributed by atoms with van der Waals surface area (Å²) in [5.74, 6) is 0.135. The van der Waals surface area contributed by atoms with Crippen molar-refractivity contribution in [2.45, 2.75) is 45.1 Å². The Morgan fingerprint density at radius 3 is 2.95 bits per heavy atom. The van der Waals surface area contributed by atoms with Crippen molar-refractivity contribution in [2.24, 2.45) is 0 Å². The molecule has 0 spiro atoms. The summed E-state index contributed by atoms with van der Waals surface area (Å²) in [4.78, 5) is 24.4. The summed E-state index contributed by atoms with van der Waals surface area (Å²) in [7, 11) is 1.89. The zero-order chi connectivity index (χ0) is 15.5. The van der Waals surface area contributed by atoms with Gasteiger partial charge in [-0.15, -0.1) is 11.3 Å². The highest BCUT2D eigenvalue weighted by atomic mass is 32.1. The first-order chi connectivity index (χ1) is 10.7. The summed E-state index contributed by atoms with van der Waals surface area (Å²) in [6, 6.07) is 0.100. The first-order valence-corrected chi connectivity index (χ1v) is 8.66. The van der Waals surface area contributed by atoms with Crippen LogP contribution in [0, 0.1) is 0 Å². The van der Waals surface area contributed by atoms with Crippen LogP contribution in [-0.4, -0.2) is 33.9 Å². The van der Waals surface area contributed by atoms with Crippen LogP contribution in [0.5, 0.6) is 0 Å². The number of aryl methyl sites for hydroxylation is 1. The van der Waals surface area contributed by atoms with E-state index in [-0.39, 0.29) is 11.9 Å². The molecule has 0 aliphatic heterocycles. The molecular weight excluding hydrogens is 294 g/mol. The Morgan fingerprint density at radius 2 is 2.18 bits per heavy atom. The highest BCUT2D eigenvalue weighted by Crippen LogP contribution is 2.31. The van der Waals surface area contributed by atoms with E-state index >= 15 is 0 Å². The lowest BCUT2D eigenvalue weighted by atomic mass is 9.95. The van der Waals surface area contributed by atoms with Gasteiger partial charge in [-0.2, -0.15) is 0 Å². The molecule has 116 valence electrons. The Kier molecular flexibility index (Phi) is 4.52. The molecule has 3 rings (SSSR count). The summed E-state index contributed by atoms with van der Waals surface area (Å²) >= 11 is 1.74. The molecule has 2 heterocycles. The zero-order valence-electron chi connectivity index (χ0n) is 13.1. The van der Waals surface area contributed by atoms with E-state index in [1.54, 1.807) is 29.9 Å². The molecule has 2 aromatic heterocycles. The monoisotopic (exact) mass is 315 g/mol. The minimum Gasteiger partial charge on any atom is -0.339 e. The lowest BCUT2D eigenvalue weighted by Gasteiger charge is -2.25. The third-order valence-corrected chi connectivity index (χ3v) is 5.48. The average Bonchev–Trinajstić information content (AvgIpc) is 2.98. The van der Waals surface area contributed by atoms with E-state index in [9.17, 15) is 4.79 Å². The van der Waals surface area contributed by atoms with Crippen LogP contribution in [0.4, 0.5) is 0 Å². The van der Waals surface area contributed by atoms with Gasteiger partial charge in [0.1, 0.15) is 0 Å². The summed E-state index contributed by atoms with van der Waals surface area (Å²) in [6.45, 7) is 2.06. The standard InChI is InChI=1S/C17H21N3OS/c1-12(9-13-10-18-7-8-19-13)20(2)17(21)15-11-22-16-6-4-3-5-14(15)16/h7-8,10-12H,3-6,9H2,1-2H3/t12-/m1/s1. The maximum atomic E-state index is 12.8. The number of nitrogens with zero attached hydrogens (tertiary/aromatic N) is 3. The molecule has 1 aliphatic carbocycles. The maximum Gasteiger partial charge on any atom is 0.254 e. The molecule has 1 amide bonds. The fourth-order valence-corrected chi connectivity index (χ4v) is 4.06. The number of thiophene rings is 1. The molecule has 2 aromatic rings. The molecule has 0 saturated carbocycles. The Labute approximate surface area is 135 Å². The van der Waals surface area contributed by atoms with Crippen molar-refractivity contribution in [3.05, 3.63) is 45.7 Å². The van der Waals surface area contributed by atoms with E-state index in [0.717, 1.165) is 30.5 Å². The van der Waals surface area contributed by atoms with Gasteiger partial charge in [-0.05, 0) is 38.2 Å². The van der Waals surface area contributed by atoms with Crippen LogP contribution >= 0.6 is 11.3 Å². The number of amides is 1. The third kappa shape index (κ3) is 3.04. The number of rotatable bonds is 4. The van der Waals surface area contributed by atoms with E-state index in [1.165, 1.54) is 23.3 Å². The summed E-state index contributed by atoms with van der Waals surface area (Å²) < 4.78 is 0. The first-order valence-electron chi connectivity index (χ1n) is 7.78. The summed E-state index contributed by atoms with van der Waals surface area (Å²) in [5.41, 5.74) is 3.12. The van der Waals surface area contributed by atoms with Crippen LogP contribution in [0.15, 0.2) is 24.0 Å². The predicted octanol–water partition coefficient (Wildman–Crippen LogP) is 3.12. The second kappa shape index (κ2) is 6.57. The number of fused-ring (bicyclic) bond motifs is 1. The van der Waals surface area contributed by atoms with Gasteiger partial charge in [-0.25, -0.2) is 0 Å². The molecular formula is C17H21N3OS. The lowest BCUT2D eigenvalue weighted by Crippen LogP contribution is -2.37. The third-order valence-electron chi connectivity index (χ3n) is 4.39. The fraction of sp³-hybridized carbons (Fsp3) is 0.471. The Balaban J connectivity index is 1.72. The van der Waals surface area contributed by atoms with Gasteiger partial charge in [0.05, 0.1) is 11.3 Å². The van der Waals surface area contributed by atoms with E-state index < -0.39 is 0 Å². The van der Waals surface area contributed by atoms with E-state index in [2.05, 4.69) is 16.9 Å².